The number of hydrogen-bond donors (Lipinski definition) is 1. The molecule has 1 N–H and O–H groups in total. The van der Waals surface area contributed by atoms with Gasteiger partial charge in [0.05, 0.1) is 17.4 Å². The van der Waals surface area contributed by atoms with Crippen LogP contribution in [0, 0.1) is 142 Å². The molecule has 0 aliphatic heterocycles. The molecule has 0 amide bonds. The number of thiazole rings is 1. The summed E-state index contributed by atoms with van der Waals surface area (Å²) in [4.78, 5) is 30.8. The number of nitrogens with one attached hydrogen (secondary N) is 1. The van der Waals surface area contributed by atoms with Crippen LogP contribution >= 0.6 is 45.7 Å². The molecule has 0 atom stereocenters. The molecular weight excluding hydrogens is 2290 g/mol. The van der Waals surface area contributed by atoms with E-state index < -0.39 is 0 Å². The minimum Gasteiger partial charge on any atom is -0.452 e. The Morgan fingerprint density at radius 2 is 0.953 bits per heavy atom. The fourth-order valence-corrected chi connectivity index (χ4v) is 7.74. The Hall–Kier alpha value is 0.681. The molecule has 25 nitrogen and oxygen atoms in total. The van der Waals surface area contributed by atoms with Crippen LogP contribution in [0.2, 0.25) is 0 Å². The van der Waals surface area contributed by atoms with E-state index in [1.807, 2.05) is 176 Å². The maximum atomic E-state index is 5.12. The van der Waals surface area contributed by atoms with Crippen molar-refractivity contribution >= 4 is 45.7 Å². The van der Waals surface area contributed by atoms with E-state index in [4.69, 9.17) is 13.4 Å². The largest absolute Gasteiger partial charge is 0.452 e. The van der Waals surface area contributed by atoms with Crippen molar-refractivity contribution in [3.63, 3.8) is 0 Å². The average Bonchev–Trinajstić information content (AvgIpc) is 1.81. The Bertz CT molecular complexity index is 3240. The van der Waals surface area contributed by atoms with Crippen LogP contribution in [-0.4, -0.2) is 103 Å². The average molecular weight is 2460 g/mol. The van der Waals surface area contributed by atoms with E-state index >= 15 is 0 Å². The van der Waals surface area contributed by atoms with Crippen molar-refractivity contribution in [3.05, 3.63) is 219 Å². The van der Waals surface area contributed by atoms with Gasteiger partial charge in [0.25, 0.3) is 0 Å². The van der Waals surface area contributed by atoms with E-state index in [0.717, 1.165) is 78.5 Å². The second-order valence-corrected chi connectivity index (χ2v) is 32.9. The molecule has 0 bridgehead atoms. The zero-order valence-electron chi connectivity index (χ0n) is 88.8. The van der Waals surface area contributed by atoms with Crippen LogP contribution in [-0.2, 0) is 262 Å². The fraction of sp³-hybridized carbons (Fsp3) is 0.604. The Kier molecular flexibility index (Phi) is 166. The van der Waals surface area contributed by atoms with Crippen molar-refractivity contribution in [1.29, 1.82) is 0 Å². The SMILES string of the molecule is CC.CC.CC.CC(C)C.CC(C)C.CC(C)C.CC(C)C.CC(C)n1cccn1.Cc1cn(C(C)C)[c-]n1.Cc1n[c-]c(C(C)C)[nH]1.Cc1n[c-]n(C(C)C)n1.Cc1ncco1.Cc1nccs1.Cc1nnc(C(C)C)o1.Cc1nnc(C(C)C)s1.Cc1noc(C(C)C)n1.Cc1nsc(C(C)C)n1.[CH3-].[CH3-].[CH3-].[CH3-].[CH3-].[Y].[Y].[Y].[Y].[Y].[Y].[Y].[Y].c1cnoc1.c1cnsc1. The van der Waals surface area contributed by atoms with E-state index in [1.165, 1.54) is 29.3 Å². The Morgan fingerprint density at radius 1 is 0.438 bits per heavy atom. The second kappa shape index (κ2) is 120. The molecule has 12 rings (SSSR count). The van der Waals surface area contributed by atoms with E-state index in [1.54, 1.807) is 84.5 Å². The third-order valence-electron chi connectivity index (χ3n) is 10.5. The number of oxazole rings is 1. The predicted octanol–water partition coefficient (Wildman–Crippen LogP) is 28.8. The first-order chi connectivity index (χ1) is 53.9. The van der Waals surface area contributed by atoms with Gasteiger partial charge in [0.2, 0.25) is 17.7 Å². The molecule has 12 heterocycles. The number of nitrogens with zero attached hydrogens (tertiary/aromatic N) is 20. The van der Waals surface area contributed by atoms with Gasteiger partial charge in [0.1, 0.15) is 33.4 Å². The van der Waals surface area contributed by atoms with Gasteiger partial charge in [-0.3, -0.25) is 14.8 Å². The summed E-state index contributed by atoms with van der Waals surface area (Å²) in [5.74, 6) is 11.7. The molecule has 0 unspecified atom stereocenters. The summed E-state index contributed by atoms with van der Waals surface area (Å²) in [6.07, 6.45) is 24.1. The van der Waals surface area contributed by atoms with Gasteiger partial charge in [-0.1, -0.05) is 236 Å². The van der Waals surface area contributed by atoms with Crippen LogP contribution in [0.15, 0.2) is 103 Å². The molecule has 128 heavy (non-hydrogen) atoms. The monoisotopic (exact) mass is 2460 g/mol. The molecule has 0 saturated heterocycles. The van der Waals surface area contributed by atoms with E-state index in [2.05, 4.69) is 265 Å². The maximum Gasteiger partial charge on any atom is 0.229 e. The second-order valence-electron chi connectivity index (χ2n) is 29.1. The van der Waals surface area contributed by atoms with Crippen LogP contribution in [0.4, 0.5) is 0 Å². The summed E-state index contributed by atoms with van der Waals surface area (Å²) in [7, 11) is 0. The van der Waals surface area contributed by atoms with Gasteiger partial charge in [-0.25, -0.2) is 14.3 Å². The molecule has 37 heteroatoms. The number of H-pyrrole nitrogens is 1. The van der Waals surface area contributed by atoms with Crippen molar-refractivity contribution in [2.45, 2.75) is 345 Å². The zero-order valence-corrected chi connectivity index (χ0v) is 115. The first-order valence-corrected chi connectivity index (χ1v) is 43.5. The topological polar surface area (TPSA) is 302 Å². The molecule has 0 aliphatic rings. The van der Waals surface area contributed by atoms with Crippen LogP contribution in [0.1, 0.15) is 361 Å². The van der Waals surface area contributed by atoms with E-state index in [0.29, 0.717) is 71.2 Å². The van der Waals surface area contributed by atoms with Gasteiger partial charge in [-0.15, -0.1) is 61.2 Å². The van der Waals surface area contributed by atoms with Gasteiger partial charge < -0.3 is 84.2 Å². The molecule has 720 valence electrons. The van der Waals surface area contributed by atoms with Crippen LogP contribution in [0.25, 0.3) is 0 Å². The van der Waals surface area contributed by atoms with Crippen LogP contribution < -0.4 is 0 Å². The van der Waals surface area contributed by atoms with Crippen molar-refractivity contribution in [2.24, 2.45) is 23.7 Å². The molecule has 0 aliphatic carbocycles. The Labute approximate surface area is 1000 Å². The van der Waals surface area contributed by atoms with Crippen LogP contribution in [0.5, 0.6) is 0 Å². The normalized spacial score (nSPS) is 8.62. The predicted molar refractivity (Wildman–Crippen MR) is 518 cm³/mol. The number of hydrogen-bond acceptors (Lipinski definition) is 25. The molecule has 0 saturated carbocycles. The minimum absolute atomic E-state index is 0. The van der Waals surface area contributed by atoms with Crippen LogP contribution in [0.3, 0.4) is 0 Å². The summed E-state index contributed by atoms with van der Waals surface area (Å²) in [6.45, 7) is 88.4. The quantitative estimate of drug-likeness (QED) is 0.138. The van der Waals surface area contributed by atoms with Gasteiger partial charge >= 0.3 is 0 Å². The van der Waals surface area contributed by atoms with Gasteiger partial charge in [0.15, 0.2) is 11.7 Å². The smallest absolute Gasteiger partial charge is 0.229 e. The Morgan fingerprint density at radius 3 is 1.11 bits per heavy atom. The molecule has 12 aromatic heterocycles. The first-order valence-electron chi connectivity index (χ1n) is 40.2. The molecule has 0 spiro atoms. The zero-order chi connectivity index (χ0) is 90.1. The van der Waals surface area contributed by atoms with Gasteiger partial charge in [-0.2, -0.15) is 14.5 Å². The number of aromatic amines is 1. The third-order valence-corrected chi connectivity index (χ3v) is 14.0. The fourth-order valence-electron chi connectivity index (χ4n) is 5.60. The van der Waals surface area contributed by atoms with Gasteiger partial charge in [0, 0.05) is 359 Å². The molecular formula is C91H171N21O4S4Y8-8. The summed E-state index contributed by atoms with van der Waals surface area (Å²) < 4.78 is 32.5. The summed E-state index contributed by atoms with van der Waals surface area (Å²) in [5.41, 5.74) is 2.12. The van der Waals surface area contributed by atoms with Crippen molar-refractivity contribution in [3.8, 4) is 0 Å². The van der Waals surface area contributed by atoms with E-state index in [9.17, 15) is 0 Å². The van der Waals surface area contributed by atoms with Crippen molar-refractivity contribution in [2.75, 3.05) is 0 Å². The number of imidazole rings is 2. The molecule has 0 aromatic carbocycles. The van der Waals surface area contributed by atoms with Crippen molar-refractivity contribution in [1.82, 2.24) is 103 Å². The summed E-state index contributed by atoms with van der Waals surface area (Å²) in [6, 6.07) is 6.90. The number of aryl methyl sites for hydroxylation is 9. The summed E-state index contributed by atoms with van der Waals surface area (Å²) >= 11 is 6.30. The van der Waals surface area contributed by atoms with Gasteiger partial charge in [-0.05, 0) is 152 Å². The molecule has 0 fully saturated rings. The summed E-state index contributed by atoms with van der Waals surface area (Å²) in [5, 5.41) is 38.9. The maximum absolute atomic E-state index is 5.12. The number of rotatable bonds is 8. The third kappa shape index (κ3) is 125. The molecule has 8 radical (unpaired) electrons. The number of aromatic nitrogens is 21. The minimum atomic E-state index is 0. The Balaban J connectivity index is -0.0000000538. The molecule has 12 aromatic rings. The van der Waals surface area contributed by atoms with Crippen molar-refractivity contribution < 1.29 is 280 Å². The standard InChI is InChI=1S/2C7H11N2.C6H10N3.2C6H10N2O.2C6H10N2S.C6H10N2.C4H5NO.C4H5NS.4C4H10.C3H3NO.C3H3NS.3C2H6.5CH3.8Y/c1-6(2)9-4-7(3)8-5-9;1-5(2)7-4-8-6(3)9-7;1-5(2)9-4-7-6(3)8-9;1-4(2)6-8-7-5(3)9-6;1-4(2)6-7-5(3)8-9-6;1-4(2)6-8-7-5(3)9-6;1-4(2)6-7-5(3)8-9-6;1-6(2)8-5-3-4-7-8;2*1-4-5-2-3-6-4;4*1-4(2)3;2*1-2-4-5-3-1;3*1-2;;;;;;;;;;;;;/h4,6H,1-3H3;5H,1-3H3,(H,8,9);5H,1-3H3;4*4H,1-3H3;3-6H,1-2H3;2*2-3H,1H3;4*4H,1-3H3;2*1-3H;3*1-2H3;5*1H3;;;;;;;;/q3*-1;;;;;;;;;;;;;;;;;5*-1;;;;;;;;. The first kappa shape index (κ1) is 178. The van der Waals surface area contributed by atoms with E-state index in [-0.39, 0.29) is 299 Å².